The number of carbonyl (C=O) groups is 3. The number of urea groups is 1. The van der Waals surface area contributed by atoms with Crippen LogP contribution in [0.4, 0.5) is 4.79 Å². The first-order chi connectivity index (χ1) is 11.6. The van der Waals surface area contributed by atoms with Crippen molar-refractivity contribution in [2.45, 2.75) is 24.0 Å². The van der Waals surface area contributed by atoms with E-state index in [1.165, 1.54) is 11.8 Å². The molecular formula is C15H14N4O4S. The number of nitrogens with zero attached hydrogens (tertiary/aromatic N) is 3. The molecule has 4 amide bonds. The molecule has 2 aliphatic heterocycles. The predicted molar refractivity (Wildman–Crippen MR) is 85.9 cm³/mol. The number of thioether (sulfide) groups is 1. The molecule has 0 bridgehead atoms. The van der Waals surface area contributed by atoms with Crippen molar-refractivity contribution in [2.24, 2.45) is 4.99 Å². The lowest BCUT2D eigenvalue weighted by atomic mass is 10.2. The quantitative estimate of drug-likeness (QED) is 0.862. The molecule has 1 aromatic heterocycles. The molecule has 1 unspecified atom stereocenters. The largest absolute Gasteiger partial charge is 0.360 e. The van der Waals surface area contributed by atoms with Gasteiger partial charge in [0.2, 0.25) is 5.91 Å². The third-order valence-electron chi connectivity index (χ3n) is 4.03. The SMILES string of the molecule is O=C(NCCN1C(=O)N=C2C=CSC2C1=O)c1cc(C2CC2)on1. The molecule has 0 spiro atoms. The zero-order valence-electron chi connectivity index (χ0n) is 12.6. The van der Waals surface area contributed by atoms with Gasteiger partial charge in [-0.15, -0.1) is 11.8 Å². The first-order valence-corrected chi connectivity index (χ1v) is 8.58. The van der Waals surface area contributed by atoms with E-state index in [-0.39, 0.29) is 30.6 Å². The minimum absolute atomic E-state index is 0.0740. The topological polar surface area (TPSA) is 105 Å². The molecule has 1 aromatic rings. The number of fused-ring (bicyclic) bond motifs is 1. The summed E-state index contributed by atoms with van der Waals surface area (Å²) in [7, 11) is 0. The fourth-order valence-electron chi connectivity index (χ4n) is 2.57. The van der Waals surface area contributed by atoms with Gasteiger partial charge in [0.1, 0.15) is 11.0 Å². The van der Waals surface area contributed by atoms with Crippen molar-refractivity contribution in [2.75, 3.05) is 13.1 Å². The van der Waals surface area contributed by atoms with E-state index in [0.717, 1.165) is 23.5 Å². The van der Waals surface area contributed by atoms with Gasteiger partial charge < -0.3 is 9.84 Å². The Hall–Kier alpha value is -2.42. The highest BCUT2D eigenvalue weighted by Crippen LogP contribution is 2.40. The molecule has 124 valence electrons. The summed E-state index contributed by atoms with van der Waals surface area (Å²) >= 11 is 1.32. The first kappa shape index (κ1) is 15.1. The first-order valence-electron chi connectivity index (χ1n) is 7.64. The smallest absolute Gasteiger partial charge is 0.350 e. The summed E-state index contributed by atoms with van der Waals surface area (Å²) in [5.41, 5.74) is 0.703. The molecule has 0 radical (unpaired) electrons. The molecule has 8 nitrogen and oxygen atoms in total. The number of imide groups is 1. The summed E-state index contributed by atoms with van der Waals surface area (Å²) < 4.78 is 5.13. The number of amides is 4. The molecule has 1 atom stereocenters. The standard InChI is InChI=1S/C15H14N4O4S/c20-13(10-7-11(23-18-10)8-1-2-8)16-4-5-19-14(21)12-9(3-6-24-12)17-15(19)22/h3,6-8,12H,1-2,4-5H2,(H,16,20). The maximum Gasteiger partial charge on any atom is 0.350 e. The Morgan fingerprint density at radius 3 is 3.04 bits per heavy atom. The number of nitrogens with one attached hydrogen (secondary N) is 1. The van der Waals surface area contributed by atoms with Crippen molar-refractivity contribution >= 4 is 35.3 Å². The van der Waals surface area contributed by atoms with Crippen LogP contribution in [0.15, 0.2) is 27.1 Å². The van der Waals surface area contributed by atoms with E-state index < -0.39 is 11.3 Å². The monoisotopic (exact) mass is 346 g/mol. The highest BCUT2D eigenvalue weighted by Gasteiger charge is 2.38. The lowest BCUT2D eigenvalue weighted by molar-refractivity contribution is -0.126. The molecule has 1 N–H and O–H groups in total. The van der Waals surface area contributed by atoms with E-state index >= 15 is 0 Å². The summed E-state index contributed by atoms with van der Waals surface area (Å²) in [4.78, 5) is 41.2. The third kappa shape index (κ3) is 2.75. The fourth-order valence-corrected chi connectivity index (χ4v) is 3.46. The van der Waals surface area contributed by atoms with Crippen LogP contribution in [0, 0.1) is 0 Å². The van der Waals surface area contributed by atoms with E-state index in [2.05, 4.69) is 15.5 Å². The summed E-state index contributed by atoms with van der Waals surface area (Å²) in [5.74, 6) is 0.428. The Morgan fingerprint density at radius 1 is 1.42 bits per heavy atom. The average Bonchev–Trinajstić information content (AvgIpc) is 3.10. The second-order valence-corrected chi connectivity index (χ2v) is 6.79. The van der Waals surface area contributed by atoms with Crippen molar-refractivity contribution in [3.05, 3.63) is 29.0 Å². The van der Waals surface area contributed by atoms with Gasteiger partial charge in [0.05, 0.1) is 5.71 Å². The van der Waals surface area contributed by atoms with Crippen LogP contribution in [0.25, 0.3) is 0 Å². The fraction of sp³-hybridized carbons (Fsp3) is 0.400. The second-order valence-electron chi connectivity index (χ2n) is 5.77. The molecule has 24 heavy (non-hydrogen) atoms. The van der Waals surface area contributed by atoms with Gasteiger partial charge in [-0.2, -0.15) is 4.99 Å². The van der Waals surface area contributed by atoms with Crippen LogP contribution in [0.3, 0.4) is 0 Å². The van der Waals surface area contributed by atoms with Gasteiger partial charge in [0.25, 0.3) is 5.91 Å². The molecule has 0 aromatic carbocycles. The van der Waals surface area contributed by atoms with E-state index in [1.54, 1.807) is 17.6 Å². The lowest BCUT2D eigenvalue weighted by Gasteiger charge is -2.25. The van der Waals surface area contributed by atoms with E-state index in [9.17, 15) is 14.4 Å². The van der Waals surface area contributed by atoms with Gasteiger partial charge in [-0.3, -0.25) is 14.5 Å². The van der Waals surface area contributed by atoms with Gasteiger partial charge in [-0.25, -0.2) is 4.79 Å². The average molecular weight is 346 g/mol. The normalized spacial score (nSPS) is 22.6. The summed E-state index contributed by atoms with van der Waals surface area (Å²) in [6, 6.07) is 1.05. The van der Waals surface area contributed by atoms with Crippen LogP contribution in [0.2, 0.25) is 0 Å². The van der Waals surface area contributed by atoms with Gasteiger partial charge in [-0.05, 0) is 24.3 Å². The van der Waals surface area contributed by atoms with Gasteiger partial charge in [0, 0.05) is 25.1 Å². The van der Waals surface area contributed by atoms with Crippen LogP contribution < -0.4 is 5.32 Å². The second kappa shape index (κ2) is 5.90. The lowest BCUT2D eigenvalue weighted by Crippen LogP contribution is -2.49. The highest BCUT2D eigenvalue weighted by molar-refractivity contribution is 8.04. The van der Waals surface area contributed by atoms with Gasteiger partial charge in [0.15, 0.2) is 5.69 Å². The number of carbonyl (C=O) groups excluding carboxylic acids is 3. The molecule has 3 heterocycles. The van der Waals surface area contributed by atoms with Crippen molar-refractivity contribution in [3.63, 3.8) is 0 Å². The van der Waals surface area contributed by atoms with Crippen LogP contribution >= 0.6 is 11.8 Å². The Labute approximate surface area is 141 Å². The van der Waals surface area contributed by atoms with Crippen LogP contribution in [0.5, 0.6) is 0 Å². The molecule has 1 saturated carbocycles. The molecule has 9 heteroatoms. The maximum atomic E-state index is 12.3. The number of hydrogen-bond donors (Lipinski definition) is 1. The van der Waals surface area contributed by atoms with Crippen LogP contribution in [-0.4, -0.2) is 52.0 Å². The molecule has 0 saturated heterocycles. The van der Waals surface area contributed by atoms with Crippen molar-refractivity contribution < 1.29 is 18.9 Å². The predicted octanol–water partition coefficient (Wildman–Crippen LogP) is 1.31. The van der Waals surface area contributed by atoms with Crippen LogP contribution in [0.1, 0.15) is 35.0 Å². The zero-order valence-corrected chi connectivity index (χ0v) is 13.4. The maximum absolute atomic E-state index is 12.3. The van der Waals surface area contributed by atoms with E-state index in [0.29, 0.717) is 11.6 Å². The number of aliphatic imine (C=N–C) groups is 1. The zero-order chi connectivity index (χ0) is 16.7. The minimum Gasteiger partial charge on any atom is -0.360 e. The van der Waals surface area contributed by atoms with E-state index in [1.807, 2.05) is 0 Å². The number of rotatable bonds is 5. The summed E-state index contributed by atoms with van der Waals surface area (Å²) in [6.07, 6.45) is 3.80. The van der Waals surface area contributed by atoms with Crippen molar-refractivity contribution in [3.8, 4) is 0 Å². The van der Waals surface area contributed by atoms with Gasteiger partial charge in [-0.1, -0.05) is 5.16 Å². The van der Waals surface area contributed by atoms with Gasteiger partial charge >= 0.3 is 6.03 Å². The number of allylic oxidation sites excluding steroid dienone is 1. The Bertz CT molecular complexity index is 780. The van der Waals surface area contributed by atoms with Crippen molar-refractivity contribution in [1.29, 1.82) is 0 Å². The van der Waals surface area contributed by atoms with Crippen LogP contribution in [-0.2, 0) is 4.79 Å². The molecule has 3 aliphatic rings. The minimum atomic E-state index is -0.592. The Kier molecular flexibility index (Phi) is 3.72. The summed E-state index contributed by atoms with van der Waals surface area (Å²) in [6.45, 7) is 0.211. The third-order valence-corrected chi connectivity index (χ3v) is 5.04. The molecule has 4 rings (SSSR count). The Morgan fingerprint density at radius 2 is 2.25 bits per heavy atom. The Balaban J connectivity index is 1.32. The number of aromatic nitrogens is 1. The highest BCUT2D eigenvalue weighted by atomic mass is 32.2. The van der Waals surface area contributed by atoms with Crippen molar-refractivity contribution in [1.82, 2.24) is 15.4 Å². The molecule has 1 fully saturated rings. The molecule has 1 aliphatic carbocycles. The summed E-state index contributed by atoms with van der Waals surface area (Å²) in [5, 5.41) is 7.69. The number of hydrogen-bond acceptors (Lipinski definition) is 6. The van der Waals surface area contributed by atoms with E-state index in [4.69, 9.17) is 4.52 Å². The molecular weight excluding hydrogens is 332 g/mol.